The number of fused-ring (bicyclic) bond motifs is 1. The van der Waals surface area contributed by atoms with Crippen LogP contribution in [-0.4, -0.2) is 13.2 Å². The molecule has 1 unspecified atom stereocenters. The molecule has 0 aromatic heterocycles. The molecule has 0 spiro atoms. The molecule has 1 atom stereocenters. The molecule has 2 nitrogen and oxygen atoms in total. The molecule has 0 amide bonds. The summed E-state index contributed by atoms with van der Waals surface area (Å²) in [6.07, 6.45) is 1.09. The lowest BCUT2D eigenvalue weighted by molar-refractivity contribution is 0.261. The fraction of sp³-hybridized carbons (Fsp3) is 0.250. The number of halogens is 1. The van der Waals surface area contributed by atoms with Crippen molar-refractivity contribution >= 4 is 11.6 Å². The van der Waals surface area contributed by atoms with Crippen LogP contribution in [0, 0.1) is 0 Å². The Labute approximate surface area is 118 Å². The largest absolute Gasteiger partial charge is 0.492 e. The van der Waals surface area contributed by atoms with Crippen molar-refractivity contribution in [3.8, 4) is 5.75 Å². The van der Waals surface area contributed by atoms with Crippen LogP contribution in [0.3, 0.4) is 0 Å². The number of ether oxygens (including phenoxy) is 1. The first-order valence-corrected chi connectivity index (χ1v) is 6.90. The van der Waals surface area contributed by atoms with Gasteiger partial charge in [0.2, 0.25) is 0 Å². The van der Waals surface area contributed by atoms with Crippen LogP contribution < -0.4 is 10.1 Å². The Morgan fingerprint density at radius 2 is 2.05 bits per heavy atom. The van der Waals surface area contributed by atoms with Gasteiger partial charge in [0.1, 0.15) is 12.4 Å². The molecule has 0 fully saturated rings. The Hall–Kier alpha value is -1.51. The predicted octanol–water partition coefficient (Wildman–Crippen LogP) is 3.61. The Morgan fingerprint density at radius 3 is 2.95 bits per heavy atom. The summed E-state index contributed by atoms with van der Waals surface area (Å²) in [5.41, 5.74) is 2.76. The zero-order valence-electron chi connectivity index (χ0n) is 10.6. The van der Waals surface area contributed by atoms with Crippen molar-refractivity contribution < 1.29 is 4.74 Å². The highest BCUT2D eigenvalue weighted by molar-refractivity contribution is 6.30. The monoisotopic (exact) mass is 273 g/mol. The Bertz CT molecular complexity index is 570. The Kier molecular flexibility index (Phi) is 3.72. The smallest absolute Gasteiger partial charge is 0.120 e. The fourth-order valence-electron chi connectivity index (χ4n) is 2.48. The summed E-state index contributed by atoms with van der Waals surface area (Å²) in [5, 5.41) is 4.21. The molecule has 0 saturated heterocycles. The Morgan fingerprint density at radius 1 is 1.16 bits per heavy atom. The van der Waals surface area contributed by atoms with Gasteiger partial charge in [-0.05, 0) is 42.3 Å². The molecule has 2 aromatic carbocycles. The average molecular weight is 274 g/mol. The highest BCUT2D eigenvalue weighted by atomic mass is 35.5. The first-order chi connectivity index (χ1) is 9.33. The number of hydrogen-bond donors (Lipinski definition) is 1. The van der Waals surface area contributed by atoms with Gasteiger partial charge in [0.05, 0.1) is 6.04 Å². The topological polar surface area (TPSA) is 21.3 Å². The highest BCUT2D eigenvalue weighted by Crippen LogP contribution is 2.24. The van der Waals surface area contributed by atoms with Gasteiger partial charge in [-0.15, -0.1) is 0 Å². The molecule has 0 aliphatic carbocycles. The van der Waals surface area contributed by atoms with Crippen LogP contribution in [0.1, 0.15) is 17.2 Å². The normalized spacial score (nSPS) is 17.8. The van der Waals surface area contributed by atoms with E-state index in [1.807, 2.05) is 24.3 Å². The highest BCUT2D eigenvalue weighted by Gasteiger charge is 2.19. The molecule has 98 valence electrons. The third kappa shape index (κ3) is 2.91. The molecule has 1 aliphatic heterocycles. The first kappa shape index (κ1) is 12.5. The van der Waals surface area contributed by atoms with Crippen LogP contribution in [0.25, 0.3) is 0 Å². The van der Waals surface area contributed by atoms with E-state index in [0.717, 1.165) is 18.7 Å². The molecular weight excluding hydrogens is 258 g/mol. The summed E-state index contributed by atoms with van der Waals surface area (Å²) in [5.74, 6) is 0.817. The minimum absolute atomic E-state index is 0.254. The van der Waals surface area contributed by atoms with Crippen molar-refractivity contribution in [2.45, 2.75) is 12.5 Å². The fourth-order valence-corrected chi connectivity index (χ4v) is 2.66. The van der Waals surface area contributed by atoms with Crippen LogP contribution in [0.5, 0.6) is 5.75 Å². The van der Waals surface area contributed by atoms with Gasteiger partial charge in [-0.3, -0.25) is 0 Å². The summed E-state index contributed by atoms with van der Waals surface area (Å²) >= 11 is 5.95. The van der Waals surface area contributed by atoms with Crippen molar-refractivity contribution in [3.63, 3.8) is 0 Å². The van der Waals surface area contributed by atoms with E-state index in [0.29, 0.717) is 11.6 Å². The van der Waals surface area contributed by atoms with E-state index in [-0.39, 0.29) is 6.04 Å². The summed E-state index contributed by atoms with van der Waals surface area (Å²) < 4.78 is 5.84. The van der Waals surface area contributed by atoms with E-state index in [1.54, 1.807) is 0 Å². The van der Waals surface area contributed by atoms with Crippen LogP contribution >= 0.6 is 11.6 Å². The molecule has 1 aliphatic rings. The summed E-state index contributed by atoms with van der Waals surface area (Å²) in [7, 11) is 0. The molecule has 0 radical (unpaired) electrons. The summed E-state index contributed by atoms with van der Waals surface area (Å²) in [6.45, 7) is 1.62. The van der Waals surface area contributed by atoms with E-state index >= 15 is 0 Å². The molecular formula is C16H16ClNO. The number of rotatable bonds is 3. The van der Waals surface area contributed by atoms with E-state index in [1.165, 1.54) is 11.1 Å². The molecule has 0 bridgehead atoms. The second-order valence-electron chi connectivity index (χ2n) is 4.72. The summed E-state index contributed by atoms with van der Waals surface area (Å²) in [6, 6.07) is 16.3. The number of benzene rings is 2. The molecule has 1 N–H and O–H groups in total. The zero-order chi connectivity index (χ0) is 13.1. The lowest BCUT2D eigenvalue weighted by Crippen LogP contribution is -2.33. The quantitative estimate of drug-likeness (QED) is 0.922. The van der Waals surface area contributed by atoms with Crippen molar-refractivity contribution in [2.75, 3.05) is 13.2 Å². The SMILES string of the molecule is Clc1cccc(OCC2NCCc3ccccc32)c1. The first-order valence-electron chi connectivity index (χ1n) is 6.52. The lowest BCUT2D eigenvalue weighted by Gasteiger charge is -2.26. The van der Waals surface area contributed by atoms with Gasteiger partial charge < -0.3 is 10.1 Å². The van der Waals surface area contributed by atoms with Crippen molar-refractivity contribution in [3.05, 3.63) is 64.7 Å². The minimum atomic E-state index is 0.254. The van der Waals surface area contributed by atoms with Crippen LogP contribution in [0.4, 0.5) is 0 Å². The van der Waals surface area contributed by atoms with Gasteiger partial charge in [-0.25, -0.2) is 0 Å². The maximum atomic E-state index is 5.95. The van der Waals surface area contributed by atoms with Crippen molar-refractivity contribution in [1.29, 1.82) is 0 Å². The lowest BCUT2D eigenvalue weighted by atomic mass is 9.95. The number of hydrogen-bond acceptors (Lipinski definition) is 2. The molecule has 1 heterocycles. The van der Waals surface area contributed by atoms with Crippen molar-refractivity contribution in [1.82, 2.24) is 5.32 Å². The molecule has 19 heavy (non-hydrogen) atoms. The number of nitrogens with one attached hydrogen (secondary N) is 1. The third-order valence-electron chi connectivity index (χ3n) is 3.43. The summed E-state index contributed by atoms with van der Waals surface area (Å²) in [4.78, 5) is 0. The van der Waals surface area contributed by atoms with Gasteiger partial charge in [0, 0.05) is 5.02 Å². The van der Waals surface area contributed by atoms with E-state index in [4.69, 9.17) is 16.3 Å². The maximum Gasteiger partial charge on any atom is 0.120 e. The van der Waals surface area contributed by atoms with Crippen LogP contribution in [0.2, 0.25) is 5.02 Å². The van der Waals surface area contributed by atoms with Gasteiger partial charge >= 0.3 is 0 Å². The minimum Gasteiger partial charge on any atom is -0.492 e. The van der Waals surface area contributed by atoms with Gasteiger partial charge in [0.15, 0.2) is 0 Å². The molecule has 2 aromatic rings. The second-order valence-corrected chi connectivity index (χ2v) is 5.16. The van der Waals surface area contributed by atoms with Gasteiger partial charge in [-0.2, -0.15) is 0 Å². The van der Waals surface area contributed by atoms with Crippen LogP contribution in [-0.2, 0) is 6.42 Å². The third-order valence-corrected chi connectivity index (χ3v) is 3.66. The van der Waals surface area contributed by atoms with E-state index in [9.17, 15) is 0 Å². The molecule has 3 rings (SSSR count). The Balaban J connectivity index is 1.71. The maximum absolute atomic E-state index is 5.95. The standard InChI is InChI=1S/C16H16ClNO/c17-13-5-3-6-14(10-13)19-11-16-15-7-2-1-4-12(15)8-9-18-16/h1-7,10,16,18H,8-9,11H2. The zero-order valence-corrected chi connectivity index (χ0v) is 11.4. The van der Waals surface area contributed by atoms with Crippen molar-refractivity contribution in [2.24, 2.45) is 0 Å². The van der Waals surface area contributed by atoms with Gasteiger partial charge in [-0.1, -0.05) is 41.9 Å². The molecule has 0 saturated carbocycles. The second kappa shape index (κ2) is 5.64. The van der Waals surface area contributed by atoms with Crippen LogP contribution in [0.15, 0.2) is 48.5 Å². The van der Waals surface area contributed by atoms with E-state index < -0.39 is 0 Å². The van der Waals surface area contributed by atoms with Gasteiger partial charge in [0.25, 0.3) is 0 Å². The van der Waals surface area contributed by atoms with E-state index in [2.05, 4.69) is 29.6 Å². The average Bonchev–Trinajstić information content (AvgIpc) is 2.45. The molecule has 3 heteroatoms. The predicted molar refractivity (Wildman–Crippen MR) is 77.8 cm³/mol.